The zero-order chi connectivity index (χ0) is 51.6. The Balaban J connectivity index is 1.26. The quantitative estimate of drug-likeness (QED) is 0.0448. The van der Waals surface area contributed by atoms with Gasteiger partial charge in [-0.15, -0.1) is 0 Å². The number of aliphatic hydroxyl groups is 2. The first-order valence-electron chi connectivity index (χ1n) is 23.6. The number of Topliss-reactive ketones (excluding diaryl/α,β-unsaturated/α-hetero) is 1. The highest BCUT2D eigenvalue weighted by Crippen LogP contribution is 2.55. The molecule has 1 saturated heterocycles. The lowest BCUT2D eigenvalue weighted by Crippen LogP contribution is -2.46. The number of piperazine rings is 1. The molecule has 71 heavy (non-hydrogen) atoms. The summed E-state index contributed by atoms with van der Waals surface area (Å²) >= 11 is 6.07. The van der Waals surface area contributed by atoms with Crippen LogP contribution in [-0.2, 0) is 30.3 Å². The molecule has 4 aromatic rings. The van der Waals surface area contributed by atoms with E-state index in [0.29, 0.717) is 37.7 Å². The van der Waals surface area contributed by atoms with Crippen molar-refractivity contribution in [2.24, 2.45) is 28.8 Å². The lowest BCUT2D eigenvalue weighted by molar-refractivity contribution is -0.160. The standard InChI is InChI=1S/C53H63ClN4O13/c1-27-11-10-12-28(2)52(66)56-43-37(25-55-58-22-20-57(21-23-58)26-36-17-18-39(70-36)34-13-15-35(54)16-14-34)47(63)40-41(48(43)64)46(62)32(6)50-42(40)51(65)53(8,71-50)68-24-19-38(67-9)29(3)49(69-33(7)59)31(5)45(61)30(4)44(27)60/h10-19,24-25,27,29-31,38,44-45,49,60-64H,20-23,26H2,1-9H3,(H,56,66)/b11-10+,24-19+,28-12-,55-25+/t27-,29+,30+,31+,38-,44-,45+,49+,53-/m0/s1. The number of ketones is 1. The van der Waals surface area contributed by atoms with Gasteiger partial charge in [-0.1, -0.05) is 57.5 Å². The minimum absolute atomic E-state index is 0.0385. The number of ether oxygens (including phenoxy) is 4. The SMILES string of the molecule is CO[C@H]1/C=C/O[C@@]2(C)Oc3c(C)c(O)c4c(O)c(c(/C=N/N5CCN(Cc6ccc(-c7ccc(Cl)cc7)o6)CC5)c(O)c4c3C2=O)NC(=O)/C(C)=C\C=C\[C@H](C)[C@H](O)[C@@H](C)[C@@H](O)[C@@H](C)[C@H](OC(C)=O)[C@@H]1C. The Labute approximate surface area is 417 Å². The molecule has 380 valence electrons. The molecule has 0 unspecified atom stereocenters. The Bertz CT molecular complexity index is 2780. The number of carbonyl (C=O) groups excluding carboxylic acids is 3. The number of allylic oxidation sites excluding steroid dienone is 2. The lowest BCUT2D eigenvalue weighted by Gasteiger charge is -2.38. The van der Waals surface area contributed by atoms with Gasteiger partial charge in [-0.3, -0.25) is 24.3 Å². The van der Waals surface area contributed by atoms with Crippen LogP contribution in [0, 0.1) is 30.6 Å². The van der Waals surface area contributed by atoms with Crippen LogP contribution >= 0.6 is 11.6 Å². The molecule has 9 atom stereocenters. The molecule has 3 aromatic carbocycles. The largest absolute Gasteiger partial charge is 0.507 e. The Morgan fingerprint density at radius 2 is 1.61 bits per heavy atom. The molecule has 1 aromatic heterocycles. The van der Waals surface area contributed by atoms with Gasteiger partial charge in [-0.05, 0) is 56.3 Å². The van der Waals surface area contributed by atoms with Crippen LogP contribution in [0.4, 0.5) is 5.69 Å². The molecule has 6 N–H and O–H groups in total. The highest BCUT2D eigenvalue weighted by molar-refractivity contribution is 6.30. The molecule has 0 radical (unpaired) electrons. The van der Waals surface area contributed by atoms with Crippen molar-refractivity contribution in [2.75, 3.05) is 38.6 Å². The first-order valence-corrected chi connectivity index (χ1v) is 24.0. The molecule has 8 rings (SSSR count). The number of phenolic OH excluding ortho intramolecular Hbond substituents is 3. The van der Waals surface area contributed by atoms with Crippen LogP contribution in [0.15, 0.2) is 82.1 Å². The van der Waals surface area contributed by atoms with E-state index in [1.54, 1.807) is 57.0 Å². The second-order valence-electron chi connectivity index (χ2n) is 18.9. The van der Waals surface area contributed by atoms with Crippen molar-refractivity contribution < 1.29 is 63.3 Å². The number of fused-ring (bicyclic) bond motifs is 14. The van der Waals surface area contributed by atoms with Crippen molar-refractivity contribution in [2.45, 2.75) is 92.1 Å². The number of hydrogen-bond acceptors (Lipinski definition) is 16. The van der Waals surface area contributed by atoms with Gasteiger partial charge in [0.1, 0.15) is 34.9 Å². The highest BCUT2D eigenvalue weighted by Gasteiger charge is 2.50. The van der Waals surface area contributed by atoms with E-state index in [-0.39, 0.29) is 44.5 Å². The average Bonchev–Trinajstić information content (AvgIpc) is 3.92. The van der Waals surface area contributed by atoms with Crippen LogP contribution in [0.5, 0.6) is 23.0 Å². The molecule has 18 heteroatoms. The average molecular weight is 1000 g/mol. The van der Waals surface area contributed by atoms with Crippen molar-refractivity contribution in [1.82, 2.24) is 9.91 Å². The summed E-state index contributed by atoms with van der Waals surface area (Å²) in [4.78, 5) is 43.2. The third-order valence-corrected chi connectivity index (χ3v) is 14.2. The van der Waals surface area contributed by atoms with Gasteiger partial charge in [0.05, 0.1) is 59.5 Å². The molecule has 5 bridgehead atoms. The maximum Gasteiger partial charge on any atom is 0.312 e. The molecule has 0 saturated carbocycles. The van der Waals surface area contributed by atoms with E-state index in [4.69, 9.17) is 35.0 Å². The number of rotatable bonds is 7. The predicted octanol–water partition coefficient (Wildman–Crippen LogP) is 7.82. The smallest absolute Gasteiger partial charge is 0.312 e. The summed E-state index contributed by atoms with van der Waals surface area (Å²) in [5, 5.41) is 68.4. The molecule has 1 amide bonds. The first kappa shape index (κ1) is 52.5. The third kappa shape index (κ3) is 10.8. The Kier molecular flexibility index (Phi) is 15.9. The van der Waals surface area contributed by atoms with Gasteiger partial charge >= 0.3 is 11.8 Å². The fourth-order valence-corrected chi connectivity index (χ4v) is 9.60. The number of amides is 1. The Morgan fingerprint density at radius 1 is 0.915 bits per heavy atom. The van der Waals surface area contributed by atoms with Crippen LogP contribution in [0.25, 0.3) is 22.1 Å². The van der Waals surface area contributed by atoms with Gasteiger partial charge in [-0.2, -0.15) is 5.10 Å². The molecule has 5 heterocycles. The molecule has 17 nitrogen and oxygen atoms in total. The number of aromatic hydroxyl groups is 3. The molecule has 0 aliphatic carbocycles. The van der Waals surface area contributed by atoms with Gasteiger partial charge < -0.3 is 54.2 Å². The summed E-state index contributed by atoms with van der Waals surface area (Å²) in [7, 11) is 1.43. The first-order chi connectivity index (χ1) is 33.6. The molecule has 4 aliphatic heterocycles. The number of methoxy groups -OCH3 is 1. The van der Waals surface area contributed by atoms with Crippen molar-refractivity contribution in [3.8, 4) is 34.3 Å². The van der Waals surface area contributed by atoms with Gasteiger partial charge in [0.2, 0.25) is 0 Å². The maximum absolute atomic E-state index is 14.6. The Hall–Kier alpha value is -6.37. The summed E-state index contributed by atoms with van der Waals surface area (Å²) in [5.41, 5.74) is 0.436. The summed E-state index contributed by atoms with van der Waals surface area (Å²) in [5.74, 6) is -7.09. The number of furan rings is 1. The number of halogens is 1. The van der Waals surface area contributed by atoms with E-state index >= 15 is 0 Å². The minimum Gasteiger partial charge on any atom is -0.507 e. The number of hydrogen-bond donors (Lipinski definition) is 6. The zero-order valence-corrected chi connectivity index (χ0v) is 42.1. The van der Waals surface area contributed by atoms with E-state index in [9.17, 15) is 39.9 Å². The van der Waals surface area contributed by atoms with Crippen LogP contribution < -0.4 is 10.1 Å². The number of esters is 1. The highest BCUT2D eigenvalue weighted by atomic mass is 35.5. The van der Waals surface area contributed by atoms with E-state index < -0.39 is 88.8 Å². The number of nitrogens with one attached hydrogen (secondary N) is 1. The van der Waals surface area contributed by atoms with Crippen LogP contribution in [0.1, 0.15) is 75.7 Å². The van der Waals surface area contributed by atoms with Crippen LogP contribution in [0.2, 0.25) is 5.02 Å². The normalized spacial score (nSPS) is 28.6. The van der Waals surface area contributed by atoms with Gasteiger partial charge in [0, 0.05) is 97.9 Å². The topological polar surface area (TPSA) is 233 Å². The lowest BCUT2D eigenvalue weighted by atomic mass is 9.78. The molecular weight excluding hydrogens is 936 g/mol. The van der Waals surface area contributed by atoms with E-state index in [1.165, 1.54) is 59.4 Å². The Morgan fingerprint density at radius 3 is 2.27 bits per heavy atom. The second-order valence-corrected chi connectivity index (χ2v) is 19.3. The van der Waals surface area contributed by atoms with E-state index in [0.717, 1.165) is 17.1 Å². The van der Waals surface area contributed by atoms with E-state index in [2.05, 4.69) is 15.3 Å². The van der Waals surface area contributed by atoms with E-state index in [1.807, 2.05) is 24.3 Å². The number of phenols is 3. The fraction of sp³-hybridized carbons (Fsp3) is 0.434. The summed E-state index contributed by atoms with van der Waals surface area (Å²) < 4.78 is 29.9. The minimum atomic E-state index is -2.08. The van der Waals surface area contributed by atoms with Gasteiger partial charge in [0.15, 0.2) is 5.75 Å². The predicted molar refractivity (Wildman–Crippen MR) is 267 cm³/mol. The van der Waals surface area contributed by atoms with Gasteiger partial charge in [-0.25, -0.2) is 0 Å². The number of anilines is 1. The number of benzene rings is 3. The fourth-order valence-electron chi connectivity index (χ4n) is 9.48. The zero-order valence-electron chi connectivity index (χ0n) is 41.3. The molecule has 4 aliphatic rings. The third-order valence-electron chi connectivity index (χ3n) is 13.9. The van der Waals surface area contributed by atoms with Crippen molar-refractivity contribution in [3.05, 3.63) is 100 Å². The molecule has 0 spiro atoms. The maximum atomic E-state index is 14.6. The number of hydrazone groups is 1. The summed E-state index contributed by atoms with van der Waals surface area (Å²) in [6.07, 6.45) is 4.76. The van der Waals surface area contributed by atoms with Gasteiger partial charge in [0.25, 0.3) is 11.7 Å². The number of nitrogens with zero attached hydrogens (tertiary/aromatic N) is 3. The molecular formula is C53H63ClN4O13. The summed E-state index contributed by atoms with van der Waals surface area (Å²) in [6.45, 7) is 15.2. The number of aliphatic hydroxyl groups excluding tert-OH is 2. The van der Waals surface area contributed by atoms with Crippen molar-refractivity contribution in [1.29, 1.82) is 0 Å². The number of carbonyl (C=O) groups is 3. The van der Waals surface area contributed by atoms with Crippen molar-refractivity contribution in [3.63, 3.8) is 0 Å². The van der Waals surface area contributed by atoms with Crippen molar-refractivity contribution >= 4 is 51.9 Å². The van der Waals surface area contributed by atoms with Crippen LogP contribution in [0.3, 0.4) is 0 Å². The second kappa shape index (κ2) is 21.5. The van der Waals surface area contributed by atoms with Crippen LogP contribution in [-0.4, -0.2) is 123 Å². The monoisotopic (exact) mass is 998 g/mol. The summed E-state index contributed by atoms with van der Waals surface area (Å²) in [6, 6.07) is 11.3. The molecule has 1 fully saturated rings.